The van der Waals surface area contributed by atoms with E-state index in [4.69, 9.17) is 23.2 Å². The van der Waals surface area contributed by atoms with Crippen LogP contribution in [0.5, 0.6) is 0 Å². The molecule has 0 bridgehead atoms. The zero-order valence-corrected chi connectivity index (χ0v) is 9.21. The highest BCUT2D eigenvalue weighted by Gasteiger charge is 2.15. The van der Waals surface area contributed by atoms with Gasteiger partial charge in [0.1, 0.15) is 0 Å². The molecule has 0 amide bonds. The van der Waals surface area contributed by atoms with Crippen LogP contribution in [0.4, 0.5) is 18.9 Å². The van der Waals surface area contributed by atoms with Crippen LogP contribution in [0.2, 0.25) is 10.0 Å². The summed E-state index contributed by atoms with van der Waals surface area (Å²) >= 11 is 11.0. The van der Waals surface area contributed by atoms with Gasteiger partial charge >= 0.3 is 0 Å². The Labute approximate surface area is 95.2 Å². The van der Waals surface area contributed by atoms with Crippen LogP contribution >= 0.6 is 23.2 Å². The highest BCUT2D eigenvalue weighted by molar-refractivity contribution is 6.35. The maximum absolute atomic E-state index is 13.0. The Morgan fingerprint density at radius 2 is 1.67 bits per heavy atom. The predicted molar refractivity (Wildman–Crippen MR) is 55.5 cm³/mol. The normalized spacial score (nSPS) is 13.0. The van der Waals surface area contributed by atoms with Crippen LogP contribution in [0.1, 0.15) is 6.92 Å². The second-order valence-electron chi connectivity index (χ2n) is 3.02. The van der Waals surface area contributed by atoms with Gasteiger partial charge in [-0.1, -0.05) is 23.2 Å². The van der Waals surface area contributed by atoms with E-state index in [1.807, 2.05) is 0 Å². The zero-order valence-electron chi connectivity index (χ0n) is 7.70. The van der Waals surface area contributed by atoms with Crippen molar-refractivity contribution in [2.75, 3.05) is 5.32 Å². The van der Waals surface area contributed by atoms with Gasteiger partial charge in [0.05, 0.1) is 16.1 Å². The maximum atomic E-state index is 13.0. The van der Waals surface area contributed by atoms with E-state index in [1.54, 1.807) is 0 Å². The summed E-state index contributed by atoms with van der Waals surface area (Å²) in [6.45, 7) is 1.30. The molecule has 0 heterocycles. The quantitative estimate of drug-likeness (QED) is 0.801. The summed E-state index contributed by atoms with van der Waals surface area (Å²) in [6.07, 6.45) is -2.52. The zero-order chi connectivity index (χ0) is 11.6. The molecule has 1 N–H and O–H groups in total. The Balaban J connectivity index is 2.88. The van der Waals surface area contributed by atoms with Gasteiger partial charge in [-0.25, -0.2) is 13.2 Å². The Hall–Kier alpha value is -0.610. The van der Waals surface area contributed by atoms with Crippen LogP contribution in [0.3, 0.4) is 0 Å². The molecule has 1 aromatic rings. The number of nitrogens with one attached hydrogen (secondary N) is 1. The number of alkyl halides is 2. The number of halogens is 5. The molecule has 1 atom stereocenters. The average Bonchev–Trinajstić information content (AvgIpc) is 2.13. The topological polar surface area (TPSA) is 12.0 Å². The van der Waals surface area contributed by atoms with Crippen molar-refractivity contribution in [3.8, 4) is 0 Å². The lowest BCUT2D eigenvalue weighted by atomic mass is 10.2. The highest BCUT2D eigenvalue weighted by Crippen LogP contribution is 2.27. The Bertz CT molecular complexity index is 334. The second-order valence-corrected chi connectivity index (χ2v) is 3.84. The van der Waals surface area contributed by atoms with Crippen molar-refractivity contribution in [3.63, 3.8) is 0 Å². The minimum Gasteiger partial charge on any atom is -0.377 e. The molecular formula is C9H8Cl2F3N. The van der Waals surface area contributed by atoms with Gasteiger partial charge in [0.15, 0.2) is 5.82 Å². The third-order valence-electron chi connectivity index (χ3n) is 1.76. The van der Waals surface area contributed by atoms with Crippen molar-refractivity contribution in [3.05, 3.63) is 28.0 Å². The summed E-state index contributed by atoms with van der Waals surface area (Å²) in [4.78, 5) is 0. The van der Waals surface area contributed by atoms with Crippen molar-refractivity contribution in [1.82, 2.24) is 0 Å². The number of hydrogen-bond donors (Lipinski definition) is 1. The lowest BCUT2D eigenvalue weighted by Crippen LogP contribution is -2.23. The van der Waals surface area contributed by atoms with E-state index >= 15 is 0 Å². The lowest BCUT2D eigenvalue weighted by Gasteiger charge is -2.14. The molecule has 0 aliphatic rings. The molecule has 0 aliphatic heterocycles. The molecular weight excluding hydrogens is 250 g/mol. The first kappa shape index (κ1) is 12.5. The van der Waals surface area contributed by atoms with Gasteiger partial charge < -0.3 is 5.32 Å². The lowest BCUT2D eigenvalue weighted by molar-refractivity contribution is 0.131. The Morgan fingerprint density at radius 1 is 1.20 bits per heavy atom. The Morgan fingerprint density at radius 3 is 2.07 bits per heavy atom. The molecule has 15 heavy (non-hydrogen) atoms. The SMILES string of the molecule is CC(Nc1cc(Cl)c(F)c(Cl)c1)C(F)F. The standard InChI is InChI=1S/C9H8Cl2F3N/c1-4(9(13)14)15-5-2-6(10)8(12)7(11)3-5/h2-4,9,15H,1H3. The van der Waals surface area contributed by atoms with Crippen molar-refractivity contribution in [1.29, 1.82) is 0 Å². The molecule has 0 fully saturated rings. The molecule has 1 nitrogen and oxygen atoms in total. The van der Waals surface area contributed by atoms with Crippen LogP contribution in [0.15, 0.2) is 12.1 Å². The number of anilines is 1. The van der Waals surface area contributed by atoms with Crippen LogP contribution in [-0.2, 0) is 0 Å². The fourth-order valence-electron chi connectivity index (χ4n) is 0.965. The molecule has 0 aromatic heterocycles. The summed E-state index contributed by atoms with van der Waals surface area (Å²) in [5.41, 5.74) is 0.263. The van der Waals surface area contributed by atoms with E-state index in [2.05, 4.69) is 5.32 Å². The summed E-state index contributed by atoms with van der Waals surface area (Å²) in [5.74, 6) is -0.756. The fraction of sp³-hybridized carbons (Fsp3) is 0.333. The number of benzene rings is 1. The van der Waals surface area contributed by atoms with E-state index in [1.165, 1.54) is 19.1 Å². The molecule has 84 valence electrons. The summed E-state index contributed by atoms with van der Waals surface area (Å²) in [6, 6.07) is 1.37. The van der Waals surface area contributed by atoms with Crippen LogP contribution in [-0.4, -0.2) is 12.5 Å². The molecule has 1 unspecified atom stereocenters. The van der Waals surface area contributed by atoms with Crippen LogP contribution in [0, 0.1) is 5.82 Å². The van der Waals surface area contributed by atoms with E-state index in [0.717, 1.165) is 0 Å². The van der Waals surface area contributed by atoms with Gasteiger partial charge in [-0.15, -0.1) is 0 Å². The molecule has 1 rings (SSSR count). The molecule has 0 spiro atoms. The predicted octanol–water partition coefficient (Wildman–Crippen LogP) is 4.20. The first-order chi connectivity index (χ1) is 6.91. The van der Waals surface area contributed by atoms with Gasteiger partial charge in [0, 0.05) is 5.69 Å². The third kappa shape index (κ3) is 3.18. The van der Waals surface area contributed by atoms with Gasteiger partial charge in [-0.3, -0.25) is 0 Å². The molecule has 0 saturated carbocycles. The van der Waals surface area contributed by atoms with Crippen LogP contribution < -0.4 is 5.32 Å². The van der Waals surface area contributed by atoms with E-state index in [-0.39, 0.29) is 15.7 Å². The molecule has 1 aromatic carbocycles. The minimum absolute atomic E-state index is 0.202. The van der Waals surface area contributed by atoms with Crippen LogP contribution in [0.25, 0.3) is 0 Å². The van der Waals surface area contributed by atoms with Crippen molar-refractivity contribution in [2.24, 2.45) is 0 Å². The van der Waals surface area contributed by atoms with E-state index in [0.29, 0.717) is 0 Å². The monoisotopic (exact) mass is 257 g/mol. The first-order valence-electron chi connectivity index (χ1n) is 4.11. The molecule has 0 aliphatic carbocycles. The van der Waals surface area contributed by atoms with Gasteiger partial charge in [0.2, 0.25) is 0 Å². The largest absolute Gasteiger partial charge is 0.377 e. The second kappa shape index (κ2) is 4.94. The molecule has 0 radical (unpaired) electrons. The first-order valence-corrected chi connectivity index (χ1v) is 4.86. The average molecular weight is 258 g/mol. The minimum atomic E-state index is -2.52. The summed E-state index contributed by atoms with van der Waals surface area (Å²) < 4.78 is 37.4. The van der Waals surface area contributed by atoms with Gasteiger partial charge in [-0.2, -0.15) is 0 Å². The summed E-state index contributed by atoms with van der Waals surface area (Å²) in [7, 11) is 0. The number of hydrogen-bond acceptors (Lipinski definition) is 1. The van der Waals surface area contributed by atoms with Crippen molar-refractivity contribution in [2.45, 2.75) is 19.4 Å². The molecule has 0 saturated heterocycles. The van der Waals surface area contributed by atoms with E-state index < -0.39 is 18.3 Å². The van der Waals surface area contributed by atoms with Crippen molar-refractivity contribution < 1.29 is 13.2 Å². The fourth-order valence-corrected chi connectivity index (χ4v) is 1.45. The number of rotatable bonds is 3. The summed E-state index contributed by atoms with van der Waals surface area (Å²) in [5, 5.41) is 2.06. The maximum Gasteiger partial charge on any atom is 0.258 e. The van der Waals surface area contributed by atoms with Crippen molar-refractivity contribution >= 4 is 28.9 Å². The smallest absolute Gasteiger partial charge is 0.258 e. The third-order valence-corrected chi connectivity index (χ3v) is 2.31. The molecule has 6 heteroatoms. The van der Waals surface area contributed by atoms with E-state index in [9.17, 15) is 13.2 Å². The van der Waals surface area contributed by atoms with Gasteiger partial charge in [0.25, 0.3) is 6.43 Å². The highest BCUT2D eigenvalue weighted by atomic mass is 35.5. The Kier molecular flexibility index (Phi) is 4.11. The van der Waals surface area contributed by atoms with Gasteiger partial charge in [-0.05, 0) is 19.1 Å².